The van der Waals surface area contributed by atoms with Crippen LogP contribution in [-0.4, -0.2) is 15.2 Å². The first-order valence-electron chi connectivity index (χ1n) is 4.61. The Morgan fingerprint density at radius 1 is 1.07 bits per heavy atom. The van der Waals surface area contributed by atoms with Gasteiger partial charge in [-0.1, -0.05) is 15.9 Å². The van der Waals surface area contributed by atoms with Gasteiger partial charge in [-0.2, -0.15) is 5.10 Å². The van der Waals surface area contributed by atoms with Crippen LogP contribution in [-0.2, 0) is 0 Å². The van der Waals surface area contributed by atoms with Gasteiger partial charge in [0, 0.05) is 21.6 Å². The lowest BCUT2D eigenvalue weighted by molar-refractivity contribution is 1.09. The summed E-state index contributed by atoms with van der Waals surface area (Å²) in [5.41, 5.74) is 3.19. The Morgan fingerprint density at radius 3 is 2.80 bits per heavy atom. The van der Waals surface area contributed by atoms with Crippen LogP contribution < -0.4 is 0 Å². The molecule has 0 unspecified atom stereocenters. The molecule has 3 aromatic rings. The smallest absolute Gasteiger partial charge is 0.0812 e. The van der Waals surface area contributed by atoms with Crippen LogP contribution >= 0.6 is 15.9 Å². The molecule has 74 valence electrons. The first-order valence-corrected chi connectivity index (χ1v) is 5.40. The Balaban J connectivity index is 2.22. The third kappa shape index (κ3) is 1.47. The van der Waals surface area contributed by atoms with Gasteiger partial charge < -0.3 is 4.98 Å². The monoisotopic (exact) mass is 261 g/mol. The van der Waals surface area contributed by atoms with Crippen LogP contribution in [0.1, 0.15) is 0 Å². The molecule has 3 rings (SSSR count). The molecule has 2 N–H and O–H groups in total. The van der Waals surface area contributed by atoms with E-state index < -0.39 is 0 Å². The largest absolute Gasteiger partial charge is 0.353 e. The Hall–Kier alpha value is -1.55. The fourth-order valence-electron chi connectivity index (χ4n) is 1.65. The van der Waals surface area contributed by atoms with Crippen LogP contribution in [0.15, 0.2) is 41.0 Å². The van der Waals surface area contributed by atoms with E-state index in [1.165, 1.54) is 5.39 Å². The van der Waals surface area contributed by atoms with E-state index in [1.807, 2.05) is 12.1 Å². The second-order valence-corrected chi connectivity index (χ2v) is 4.30. The van der Waals surface area contributed by atoms with Crippen molar-refractivity contribution < 1.29 is 0 Å². The molecule has 1 aromatic carbocycles. The molecule has 4 heteroatoms. The number of nitrogens with zero attached hydrogens (tertiary/aromatic N) is 1. The predicted octanol–water partition coefficient (Wildman–Crippen LogP) is 3.32. The summed E-state index contributed by atoms with van der Waals surface area (Å²) in [6.07, 6.45) is 1.75. The van der Waals surface area contributed by atoms with E-state index in [0.717, 1.165) is 21.4 Å². The minimum Gasteiger partial charge on any atom is -0.353 e. The number of aromatic amines is 2. The first kappa shape index (κ1) is 8.73. The summed E-state index contributed by atoms with van der Waals surface area (Å²) >= 11 is 3.46. The maximum atomic E-state index is 3.93. The van der Waals surface area contributed by atoms with Crippen LogP contribution in [0.5, 0.6) is 0 Å². The number of aromatic nitrogens is 3. The molecule has 0 amide bonds. The number of hydrogen-bond donors (Lipinski definition) is 2. The standard InChI is InChI=1S/C11H8BrN3/c12-8-1-2-9-7(5-8)6-11(14-9)10-3-4-13-15-10/h1-6,14H,(H,13,15). The highest BCUT2D eigenvalue weighted by atomic mass is 79.9. The molecular formula is C11H8BrN3. The van der Waals surface area contributed by atoms with Gasteiger partial charge >= 0.3 is 0 Å². The van der Waals surface area contributed by atoms with E-state index in [9.17, 15) is 0 Å². The zero-order chi connectivity index (χ0) is 10.3. The van der Waals surface area contributed by atoms with Crippen molar-refractivity contribution in [3.8, 4) is 11.4 Å². The minimum atomic E-state index is 1.00. The zero-order valence-electron chi connectivity index (χ0n) is 7.79. The molecule has 0 radical (unpaired) electrons. The molecule has 0 atom stereocenters. The summed E-state index contributed by atoms with van der Waals surface area (Å²) < 4.78 is 1.09. The highest BCUT2D eigenvalue weighted by Gasteiger charge is 2.03. The van der Waals surface area contributed by atoms with Crippen molar-refractivity contribution in [2.75, 3.05) is 0 Å². The highest BCUT2D eigenvalue weighted by Crippen LogP contribution is 2.24. The van der Waals surface area contributed by atoms with Gasteiger partial charge in [0.1, 0.15) is 0 Å². The van der Waals surface area contributed by atoms with Crippen molar-refractivity contribution in [3.05, 3.63) is 41.0 Å². The summed E-state index contributed by atoms with van der Waals surface area (Å²) in [7, 11) is 0. The SMILES string of the molecule is Brc1ccc2[nH]c(-c3ccn[nH]3)cc2c1. The van der Waals surface area contributed by atoms with Crippen LogP contribution in [0.25, 0.3) is 22.3 Å². The average molecular weight is 262 g/mol. The number of nitrogens with one attached hydrogen (secondary N) is 2. The van der Waals surface area contributed by atoms with Gasteiger partial charge in [-0.15, -0.1) is 0 Å². The predicted molar refractivity (Wildman–Crippen MR) is 63.6 cm³/mol. The molecule has 0 bridgehead atoms. The van der Waals surface area contributed by atoms with Crippen molar-refractivity contribution in [2.24, 2.45) is 0 Å². The Kier molecular flexibility index (Phi) is 1.89. The van der Waals surface area contributed by atoms with E-state index in [4.69, 9.17) is 0 Å². The van der Waals surface area contributed by atoms with Crippen molar-refractivity contribution in [1.29, 1.82) is 0 Å². The molecule has 0 spiro atoms. The fraction of sp³-hybridized carbons (Fsp3) is 0. The highest BCUT2D eigenvalue weighted by molar-refractivity contribution is 9.10. The molecule has 3 nitrogen and oxygen atoms in total. The third-order valence-electron chi connectivity index (χ3n) is 2.37. The number of halogens is 1. The van der Waals surface area contributed by atoms with E-state index in [2.05, 4.69) is 49.3 Å². The van der Waals surface area contributed by atoms with Gasteiger partial charge in [0.25, 0.3) is 0 Å². The molecule has 0 fully saturated rings. The summed E-state index contributed by atoms with van der Waals surface area (Å²) in [5, 5.41) is 8.06. The molecule has 2 heterocycles. The molecular weight excluding hydrogens is 254 g/mol. The van der Waals surface area contributed by atoms with Gasteiger partial charge in [0.15, 0.2) is 0 Å². The minimum absolute atomic E-state index is 1.00. The molecule has 0 aliphatic heterocycles. The molecule has 0 saturated carbocycles. The van der Waals surface area contributed by atoms with Gasteiger partial charge in [-0.25, -0.2) is 0 Å². The Labute approximate surface area is 94.6 Å². The molecule has 0 aliphatic rings. The first-order chi connectivity index (χ1) is 7.33. The Bertz CT molecular complexity index is 595. The van der Waals surface area contributed by atoms with Crippen molar-refractivity contribution in [3.63, 3.8) is 0 Å². The van der Waals surface area contributed by atoms with Crippen LogP contribution in [0, 0.1) is 0 Å². The zero-order valence-corrected chi connectivity index (χ0v) is 9.38. The molecule has 15 heavy (non-hydrogen) atoms. The maximum absolute atomic E-state index is 3.93. The normalized spacial score (nSPS) is 11.0. The van der Waals surface area contributed by atoms with Crippen molar-refractivity contribution >= 4 is 26.8 Å². The fourth-order valence-corrected chi connectivity index (χ4v) is 2.03. The van der Waals surface area contributed by atoms with E-state index in [1.54, 1.807) is 6.20 Å². The summed E-state index contributed by atoms with van der Waals surface area (Å²) in [5.74, 6) is 0. The van der Waals surface area contributed by atoms with E-state index in [-0.39, 0.29) is 0 Å². The topological polar surface area (TPSA) is 44.5 Å². The summed E-state index contributed by atoms with van der Waals surface area (Å²) in [6, 6.07) is 10.2. The second-order valence-electron chi connectivity index (χ2n) is 3.38. The maximum Gasteiger partial charge on any atom is 0.0812 e. The van der Waals surface area contributed by atoms with E-state index >= 15 is 0 Å². The number of H-pyrrole nitrogens is 2. The number of rotatable bonds is 1. The third-order valence-corrected chi connectivity index (χ3v) is 2.87. The van der Waals surface area contributed by atoms with Crippen LogP contribution in [0.3, 0.4) is 0 Å². The Morgan fingerprint density at radius 2 is 2.00 bits per heavy atom. The van der Waals surface area contributed by atoms with Crippen LogP contribution in [0.4, 0.5) is 0 Å². The van der Waals surface area contributed by atoms with E-state index in [0.29, 0.717) is 0 Å². The van der Waals surface area contributed by atoms with Crippen LogP contribution in [0.2, 0.25) is 0 Å². The molecule has 2 aromatic heterocycles. The number of benzene rings is 1. The summed E-state index contributed by atoms with van der Waals surface area (Å²) in [4.78, 5) is 3.33. The van der Waals surface area contributed by atoms with Crippen molar-refractivity contribution in [2.45, 2.75) is 0 Å². The average Bonchev–Trinajstić information content (AvgIpc) is 2.84. The number of fused-ring (bicyclic) bond motifs is 1. The lowest BCUT2D eigenvalue weighted by Crippen LogP contribution is -1.75. The van der Waals surface area contributed by atoms with Crippen molar-refractivity contribution in [1.82, 2.24) is 15.2 Å². The van der Waals surface area contributed by atoms with Gasteiger partial charge in [0.2, 0.25) is 0 Å². The number of hydrogen-bond acceptors (Lipinski definition) is 1. The lowest BCUT2D eigenvalue weighted by atomic mass is 10.2. The van der Waals surface area contributed by atoms with Gasteiger partial charge in [0.05, 0.1) is 11.4 Å². The second kappa shape index (κ2) is 3.24. The lowest BCUT2D eigenvalue weighted by Gasteiger charge is -1.89. The van der Waals surface area contributed by atoms with Gasteiger partial charge in [-0.3, -0.25) is 5.10 Å². The molecule has 0 aliphatic carbocycles. The molecule has 0 saturated heterocycles. The summed E-state index contributed by atoms with van der Waals surface area (Å²) in [6.45, 7) is 0. The van der Waals surface area contributed by atoms with Gasteiger partial charge in [-0.05, 0) is 30.3 Å². The quantitative estimate of drug-likeness (QED) is 0.694.